The van der Waals surface area contributed by atoms with Crippen LogP contribution in [0.5, 0.6) is 0 Å². The summed E-state index contributed by atoms with van der Waals surface area (Å²) in [4.78, 5) is 16.9. The highest BCUT2D eigenvalue weighted by atomic mass is 35.5. The van der Waals surface area contributed by atoms with Crippen LogP contribution in [0.2, 0.25) is 0 Å². The Morgan fingerprint density at radius 1 is 1.17 bits per heavy atom. The van der Waals surface area contributed by atoms with E-state index in [1.807, 2.05) is 14.0 Å². The molecule has 2 saturated heterocycles. The summed E-state index contributed by atoms with van der Waals surface area (Å²) >= 11 is 0. The Morgan fingerprint density at radius 2 is 1.71 bits per heavy atom. The van der Waals surface area contributed by atoms with Crippen molar-refractivity contribution in [1.82, 2.24) is 15.1 Å². The zero-order valence-electron chi connectivity index (χ0n) is 15.5. The highest BCUT2D eigenvalue weighted by Gasteiger charge is 2.29. The number of hydrogen-bond donors (Lipinski definition) is 1. The molecule has 0 bridgehead atoms. The summed E-state index contributed by atoms with van der Waals surface area (Å²) in [6.45, 7) is 12.2. The molecule has 0 aromatic rings. The monoisotopic (exact) mass is 383 g/mol. The zero-order chi connectivity index (χ0) is 16.1. The predicted octanol–water partition coefficient (Wildman–Crippen LogP) is 2.03. The van der Waals surface area contributed by atoms with Crippen molar-refractivity contribution in [2.24, 2.45) is 11.8 Å². The van der Waals surface area contributed by atoms with Crippen molar-refractivity contribution in [3.63, 3.8) is 0 Å². The largest absolute Gasteiger partial charge is 0.373 e. The summed E-state index contributed by atoms with van der Waals surface area (Å²) in [5.74, 6) is 1.12. The SMILES string of the molecule is CNCC(C)C(=O)N1CCC(CN2CC(C)OC(C)C2)CC1.Cl.Cl. The first-order valence-corrected chi connectivity index (χ1v) is 8.80. The second-order valence-corrected chi connectivity index (χ2v) is 7.20. The summed E-state index contributed by atoms with van der Waals surface area (Å²) in [6.07, 6.45) is 2.96. The minimum absolute atomic E-state index is 0. The number of morpholine rings is 1. The van der Waals surface area contributed by atoms with Gasteiger partial charge in [0.05, 0.1) is 12.2 Å². The van der Waals surface area contributed by atoms with Crippen molar-refractivity contribution in [2.75, 3.05) is 46.3 Å². The highest BCUT2D eigenvalue weighted by molar-refractivity contribution is 5.85. The Morgan fingerprint density at radius 3 is 2.21 bits per heavy atom. The van der Waals surface area contributed by atoms with E-state index in [-0.39, 0.29) is 30.7 Å². The number of carbonyl (C=O) groups is 1. The minimum atomic E-state index is 0. The van der Waals surface area contributed by atoms with Crippen LogP contribution in [0.4, 0.5) is 0 Å². The summed E-state index contributed by atoms with van der Waals surface area (Å²) < 4.78 is 5.80. The van der Waals surface area contributed by atoms with E-state index in [2.05, 4.69) is 29.0 Å². The van der Waals surface area contributed by atoms with Crippen molar-refractivity contribution in [2.45, 2.75) is 45.8 Å². The third-order valence-electron chi connectivity index (χ3n) is 4.87. The van der Waals surface area contributed by atoms with Gasteiger partial charge in [-0.15, -0.1) is 24.8 Å². The Balaban J connectivity index is 0.00000264. The van der Waals surface area contributed by atoms with Gasteiger partial charge in [0.25, 0.3) is 0 Å². The van der Waals surface area contributed by atoms with E-state index < -0.39 is 0 Å². The minimum Gasteiger partial charge on any atom is -0.373 e. The number of amides is 1. The fourth-order valence-corrected chi connectivity index (χ4v) is 3.84. The molecule has 3 atom stereocenters. The molecule has 3 unspecified atom stereocenters. The van der Waals surface area contributed by atoms with Gasteiger partial charge in [0.1, 0.15) is 0 Å². The fourth-order valence-electron chi connectivity index (χ4n) is 3.84. The molecule has 0 aromatic carbocycles. The van der Waals surface area contributed by atoms with Crippen LogP contribution in [0.25, 0.3) is 0 Å². The number of likely N-dealkylation sites (tertiary alicyclic amines) is 1. The average molecular weight is 384 g/mol. The lowest BCUT2D eigenvalue weighted by molar-refractivity contribution is -0.136. The van der Waals surface area contributed by atoms with Gasteiger partial charge in [-0.2, -0.15) is 0 Å². The average Bonchev–Trinajstić information content (AvgIpc) is 2.46. The molecular weight excluding hydrogens is 349 g/mol. The van der Waals surface area contributed by atoms with Gasteiger partial charge in [0, 0.05) is 45.2 Å². The van der Waals surface area contributed by atoms with E-state index >= 15 is 0 Å². The van der Waals surface area contributed by atoms with Crippen molar-refractivity contribution >= 4 is 30.7 Å². The number of halogens is 2. The molecule has 24 heavy (non-hydrogen) atoms. The molecule has 0 radical (unpaired) electrons. The molecule has 2 heterocycles. The lowest BCUT2D eigenvalue weighted by atomic mass is 9.94. The number of carbonyl (C=O) groups excluding carboxylic acids is 1. The van der Waals surface area contributed by atoms with Gasteiger partial charge in [0.15, 0.2) is 0 Å². The molecule has 0 aromatic heterocycles. The van der Waals surface area contributed by atoms with Crippen LogP contribution in [-0.2, 0) is 9.53 Å². The Hall–Kier alpha value is -0.0700. The molecule has 2 rings (SSSR count). The zero-order valence-corrected chi connectivity index (χ0v) is 17.1. The summed E-state index contributed by atoms with van der Waals surface area (Å²) in [6, 6.07) is 0. The van der Waals surface area contributed by atoms with Crippen molar-refractivity contribution < 1.29 is 9.53 Å². The van der Waals surface area contributed by atoms with Gasteiger partial charge in [-0.3, -0.25) is 9.69 Å². The number of nitrogens with one attached hydrogen (secondary N) is 1. The molecule has 7 heteroatoms. The van der Waals surface area contributed by atoms with E-state index in [0.29, 0.717) is 18.1 Å². The topological polar surface area (TPSA) is 44.8 Å². The molecule has 5 nitrogen and oxygen atoms in total. The Labute approximate surface area is 159 Å². The Kier molecular flexibility index (Phi) is 11.5. The van der Waals surface area contributed by atoms with Crippen LogP contribution in [-0.4, -0.2) is 74.2 Å². The number of nitrogens with zero attached hydrogens (tertiary/aromatic N) is 2. The van der Waals surface area contributed by atoms with E-state index in [4.69, 9.17) is 4.74 Å². The van der Waals surface area contributed by atoms with Crippen molar-refractivity contribution in [1.29, 1.82) is 0 Å². The maximum atomic E-state index is 12.3. The van der Waals surface area contributed by atoms with Gasteiger partial charge < -0.3 is 15.0 Å². The third-order valence-corrected chi connectivity index (χ3v) is 4.87. The molecule has 0 aliphatic carbocycles. The van der Waals surface area contributed by atoms with Crippen LogP contribution in [0, 0.1) is 11.8 Å². The van der Waals surface area contributed by atoms with Crippen molar-refractivity contribution in [3.05, 3.63) is 0 Å². The molecule has 2 aliphatic heterocycles. The maximum Gasteiger partial charge on any atom is 0.226 e. The van der Waals surface area contributed by atoms with E-state index in [1.54, 1.807) is 0 Å². The summed E-state index contributed by atoms with van der Waals surface area (Å²) in [7, 11) is 1.90. The highest BCUT2D eigenvalue weighted by Crippen LogP contribution is 2.21. The molecule has 2 fully saturated rings. The first kappa shape index (κ1) is 23.9. The van der Waals surface area contributed by atoms with E-state index in [1.165, 1.54) is 0 Å². The molecule has 144 valence electrons. The first-order valence-electron chi connectivity index (χ1n) is 8.80. The number of piperidine rings is 1. The molecule has 1 amide bonds. The van der Waals surface area contributed by atoms with Crippen LogP contribution >= 0.6 is 24.8 Å². The molecule has 1 N–H and O–H groups in total. The van der Waals surface area contributed by atoms with Gasteiger partial charge in [-0.1, -0.05) is 6.92 Å². The Bertz CT molecular complexity index is 356. The van der Waals surface area contributed by atoms with Crippen LogP contribution in [0.15, 0.2) is 0 Å². The van der Waals surface area contributed by atoms with Gasteiger partial charge in [-0.05, 0) is 39.7 Å². The van der Waals surface area contributed by atoms with Gasteiger partial charge >= 0.3 is 0 Å². The predicted molar refractivity (Wildman–Crippen MR) is 103 cm³/mol. The van der Waals surface area contributed by atoms with E-state index in [0.717, 1.165) is 58.0 Å². The van der Waals surface area contributed by atoms with Gasteiger partial charge in [-0.25, -0.2) is 0 Å². The van der Waals surface area contributed by atoms with Crippen LogP contribution < -0.4 is 5.32 Å². The quantitative estimate of drug-likeness (QED) is 0.788. The fraction of sp³-hybridized carbons (Fsp3) is 0.941. The lowest BCUT2D eigenvalue weighted by Crippen LogP contribution is -2.49. The number of ether oxygens (including phenoxy) is 1. The van der Waals surface area contributed by atoms with Crippen molar-refractivity contribution in [3.8, 4) is 0 Å². The molecular formula is C17H35Cl2N3O2. The standard InChI is InChI=1S/C17H33N3O2.2ClH/c1-13(9-18-4)17(21)20-7-5-16(6-8-20)12-19-10-14(2)22-15(3)11-19;;/h13-16,18H,5-12H2,1-4H3;2*1H. The summed E-state index contributed by atoms with van der Waals surface area (Å²) in [5, 5.41) is 3.09. The smallest absolute Gasteiger partial charge is 0.226 e. The second kappa shape index (κ2) is 11.5. The molecule has 0 saturated carbocycles. The molecule has 0 spiro atoms. The van der Waals surface area contributed by atoms with E-state index in [9.17, 15) is 4.79 Å². The van der Waals surface area contributed by atoms with Crippen LogP contribution in [0.1, 0.15) is 33.6 Å². The lowest BCUT2D eigenvalue weighted by Gasteiger charge is -2.40. The third kappa shape index (κ3) is 7.04. The first-order chi connectivity index (χ1) is 10.5. The normalized spacial score (nSPS) is 27.1. The van der Waals surface area contributed by atoms with Crippen LogP contribution in [0.3, 0.4) is 0 Å². The molecule has 2 aliphatic rings. The summed E-state index contributed by atoms with van der Waals surface area (Å²) in [5.41, 5.74) is 0. The number of rotatable bonds is 5. The number of hydrogen-bond acceptors (Lipinski definition) is 4. The second-order valence-electron chi connectivity index (χ2n) is 7.20. The van der Waals surface area contributed by atoms with Gasteiger partial charge in [0.2, 0.25) is 5.91 Å². The maximum absolute atomic E-state index is 12.3.